The number of ketones is 1. The van der Waals surface area contributed by atoms with Crippen molar-refractivity contribution in [1.82, 2.24) is 15.0 Å². The van der Waals surface area contributed by atoms with Gasteiger partial charge < -0.3 is 0 Å². The van der Waals surface area contributed by atoms with Crippen LogP contribution in [0.1, 0.15) is 17.4 Å². The number of sulfone groups is 1. The Kier molecular flexibility index (Phi) is 2.21. The Balaban J connectivity index is 3.51. The van der Waals surface area contributed by atoms with E-state index in [0.717, 1.165) is 10.9 Å². The smallest absolute Gasteiger partial charge is 0.194 e. The van der Waals surface area contributed by atoms with Gasteiger partial charge in [-0.2, -0.15) is 0 Å². The third kappa shape index (κ3) is 1.74. The number of hydrogen-bond acceptors (Lipinski definition) is 5. The summed E-state index contributed by atoms with van der Waals surface area (Å²) in [4.78, 5) is 10.9. The van der Waals surface area contributed by atoms with Crippen LogP contribution in [-0.4, -0.2) is 35.5 Å². The summed E-state index contributed by atoms with van der Waals surface area (Å²) in [6, 6.07) is 0. The van der Waals surface area contributed by atoms with Crippen LogP contribution in [0, 0.1) is 0 Å². The van der Waals surface area contributed by atoms with Gasteiger partial charge in [-0.1, -0.05) is 5.21 Å². The van der Waals surface area contributed by atoms with Crippen LogP contribution in [0.5, 0.6) is 0 Å². The van der Waals surface area contributed by atoms with Crippen LogP contribution >= 0.6 is 0 Å². The average Bonchev–Trinajstić information content (AvgIpc) is 2.28. The van der Waals surface area contributed by atoms with Gasteiger partial charge in [0.15, 0.2) is 26.3 Å². The Morgan fingerprint density at radius 3 is 2.31 bits per heavy atom. The average molecular weight is 203 g/mol. The number of aromatic nitrogens is 3. The molecule has 0 atom stereocenters. The van der Waals surface area contributed by atoms with E-state index in [2.05, 4.69) is 10.3 Å². The van der Waals surface area contributed by atoms with E-state index >= 15 is 0 Å². The fraction of sp³-hybridized carbons (Fsp3) is 0.500. The minimum absolute atomic E-state index is 0.106. The highest BCUT2D eigenvalue weighted by atomic mass is 32.2. The van der Waals surface area contributed by atoms with E-state index in [0.29, 0.717) is 0 Å². The lowest BCUT2D eigenvalue weighted by molar-refractivity contribution is 0.100. The van der Waals surface area contributed by atoms with Gasteiger partial charge in [0.1, 0.15) is 0 Å². The van der Waals surface area contributed by atoms with E-state index in [-0.39, 0.29) is 10.7 Å². The van der Waals surface area contributed by atoms with E-state index in [4.69, 9.17) is 0 Å². The van der Waals surface area contributed by atoms with Crippen LogP contribution in [0.15, 0.2) is 5.03 Å². The Labute approximate surface area is 75.5 Å². The van der Waals surface area contributed by atoms with Gasteiger partial charge in [0, 0.05) is 20.2 Å². The van der Waals surface area contributed by atoms with Crippen molar-refractivity contribution in [2.24, 2.45) is 7.05 Å². The number of carbonyl (C=O) groups is 1. The van der Waals surface area contributed by atoms with Gasteiger partial charge in [-0.05, 0) is 0 Å². The second-order valence-corrected chi connectivity index (χ2v) is 4.63. The van der Waals surface area contributed by atoms with Gasteiger partial charge in [0.25, 0.3) is 0 Å². The minimum atomic E-state index is -3.45. The number of carbonyl (C=O) groups excluding carboxylic acids is 1. The van der Waals surface area contributed by atoms with Gasteiger partial charge in [-0.3, -0.25) is 4.79 Å². The first kappa shape index (κ1) is 9.85. The molecule has 6 nitrogen and oxygen atoms in total. The second-order valence-electron chi connectivity index (χ2n) is 2.70. The maximum absolute atomic E-state index is 11.2. The molecule has 0 saturated carbocycles. The summed E-state index contributed by atoms with van der Waals surface area (Å²) in [5.74, 6) is -0.409. The molecule has 0 unspecified atom stereocenters. The Morgan fingerprint density at radius 2 is 2.00 bits per heavy atom. The zero-order valence-corrected chi connectivity index (χ0v) is 8.29. The normalized spacial score (nSPS) is 11.6. The van der Waals surface area contributed by atoms with Gasteiger partial charge in [-0.25, -0.2) is 13.1 Å². The standard InChI is InChI=1S/C6H9N3O3S/c1-4(10)5-6(13(3,11)12)9(2)8-7-5/h1-3H3. The number of Topliss-reactive ketones (excluding diaryl/α,β-unsaturated/α-hetero) is 1. The summed E-state index contributed by atoms with van der Waals surface area (Å²) >= 11 is 0. The highest BCUT2D eigenvalue weighted by Gasteiger charge is 2.22. The molecule has 0 N–H and O–H groups in total. The quantitative estimate of drug-likeness (QED) is 0.601. The summed E-state index contributed by atoms with van der Waals surface area (Å²) in [6.07, 6.45) is 1.01. The molecule has 0 bridgehead atoms. The molecule has 0 aliphatic heterocycles. The molecule has 1 aromatic rings. The van der Waals surface area contributed by atoms with Crippen molar-refractivity contribution in [3.05, 3.63) is 5.69 Å². The zero-order chi connectivity index (χ0) is 10.2. The fourth-order valence-electron chi connectivity index (χ4n) is 0.985. The molecule has 0 amide bonds. The van der Waals surface area contributed by atoms with E-state index in [1.807, 2.05) is 0 Å². The van der Waals surface area contributed by atoms with Gasteiger partial charge in [-0.15, -0.1) is 5.10 Å². The minimum Gasteiger partial charge on any atom is -0.293 e. The molecule has 0 spiro atoms. The van der Waals surface area contributed by atoms with E-state index in [1.165, 1.54) is 14.0 Å². The summed E-state index contributed by atoms with van der Waals surface area (Å²) in [5, 5.41) is 6.80. The molecule has 1 aromatic heterocycles. The molecule has 1 rings (SSSR count). The predicted molar refractivity (Wildman–Crippen MR) is 44.1 cm³/mol. The van der Waals surface area contributed by atoms with Gasteiger partial charge >= 0.3 is 0 Å². The van der Waals surface area contributed by atoms with Crippen LogP contribution in [-0.2, 0) is 16.9 Å². The first-order valence-corrected chi connectivity index (χ1v) is 5.34. The first-order chi connectivity index (χ1) is 5.84. The maximum atomic E-state index is 11.2. The van der Waals surface area contributed by atoms with Gasteiger partial charge in [0.05, 0.1) is 0 Å². The molecule has 7 heteroatoms. The number of hydrogen-bond donors (Lipinski definition) is 0. The van der Waals surface area contributed by atoms with Gasteiger partial charge in [0.2, 0.25) is 0 Å². The predicted octanol–water partition coefficient (Wildman–Crippen LogP) is -0.579. The van der Waals surface area contributed by atoms with Crippen molar-refractivity contribution in [2.75, 3.05) is 6.26 Å². The van der Waals surface area contributed by atoms with E-state index < -0.39 is 15.6 Å². The molecular weight excluding hydrogens is 194 g/mol. The molecular formula is C6H9N3O3S. The third-order valence-corrected chi connectivity index (χ3v) is 2.62. The van der Waals surface area contributed by atoms with Crippen LogP contribution < -0.4 is 0 Å². The number of aryl methyl sites for hydroxylation is 1. The SMILES string of the molecule is CC(=O)c1nnn(C)c1S(C)(=O)=O. The van der Waals surface area contributed by atoms with Crippen molar-refractivity contribution >= 4 is 15.6 Å². The lowest BCUT2D eigenvalue weighted by atomic mass is 10.3. The van der Waals surface area contributed by atoms with Crippen LogP contribution in [0.2, 0.25) is 0 Å². The highest BCUT2D eigenvalue weighted by molar-refractivity contribution is 7.90. The van der Waals surface area contributed by atoms with Crippen molar-refractivity contribution < 1.29 is 13.2 Å². The first-order valence-electron chi connectivity index (χ1n) is 3.44. The molecule has 0 saturated heterocycles. The van der Waals surface area contributed by atoms with Crippen molar-refractivity contribution in [3.63, 3.8) is 0 Å². The summed E-state index contributed by atoms with van der Waals surface area (Å²) in [6.45, 7) is 1.25. The monoisotopic (exact) mass is 203 g/mol. The lowest BCUT2D eigenvalue weighted by Gasteiger charge is -1.97. The maximum Gasteiger partial charge on any atom is 0.194 e. The third-order valence-electron chi connectivity index (χ3n) is 1.46. The number of rotatable bonds is 2. The number of nitrogens with zero attached hydrogens (tertiary/aromatic N) is 3. The molecule has 0 aliphatic carbocycles. The van der Waals surface area contributed by atoms with Crippen LogP contribution in [0.3, 0.4) is 0 Å². The highest BCUT2D eigenvalue weighted by Crippen LogP contribution is 2.11. The Morgan fingerprint density at radius 1 is 1.46 bits per heavy atom. The largest absolute Gasteiger partial charge is 0.293 e. The fourth-order valence-corrected chi connectivity index (χ4v) is 2.04. The zero-order valence-electron chi connectivity index (χ0n) is 7.47. The van der Waals surface area contributed by atoms with Crippen LogP contribution in [0.25, 0.3) is 0 Å². The molecule has 72 valence electrons. The Hall–Kier alpha value is -1.24. The van der Waals surface area contributed by atoms with Crippen molar-refractivity contribution in [3.8, 4) is 0 Å². The molecule has 1 heterocycles. The topological polar surface area (TPSA) is 81.9 Å². The molecule has 0 radical (unpaired) electrons. The lowest BCUT2D eigenvalue weighted by Crippen LogP contribution is -2.09. The second kappa shape index (κ2) is 2.91. The van der Waals surface area contributed by atoms with E-state index in [9.17, 15) is 13.2 Å². The summed E-state index contributed by atoms with van der Waals surface area (Å²) in [7, 11) is -2.02. The van der Waals surface area contributed by atoms with Crippen molar-refractivity contribution in [1.29, 1.82) is 0 Å². The van der Waals surface area contributed by atoms with Crippen molar-refractivity contribution in [2.45, 2.75) is 11.9 Å². The van der Waals surface area contributed by atoms with E-state index in [1.54, 1.807) is 0 Å². The molecule has 0 aliphatic rings. The van der Waals surface area contributed by atoms with Crippen LogP contribution in [0.4, 0.5) is 0 Å². The molecule has 0 aromatic carbocycles. The Bertz CT molecular complexity index is 446. The molecule has 0 fully saturated rings. The molecule has 13 heavy (non-hydrogen) atoms. The summed E-state index contributed by atoms with van der Waals surface area (Å²) < 4.78 is 23.4. The summed E-state index contributed by atoms with van der Waals surface area (Å²) in [5.41, 5.74) is -0.106.